The van der Waals surface area contributed by atoms with Gasteiger partial charge in [0.2, 0.25) is 0 Å². The van der Waals surface area contributed by atoms with E-state index in [2.05, 4.69) is 38.2 Å². The molecule has 0 radical (unpaired) electrons. The van der Waals surface area contributed by atoms with Crippen molar-refractivity contribution in [1.82, 2.24) is 0 Å². The van der Waals surface area contributed by atoms with Crippen LogP contribution in [0.2, 0.25) is 0 Å². The lowest BCUT2D eigenvalue weighted by Gasteiger charge is -2.24. The summed E-state index contributed by atoms with van der Waals surface area (Å²) < 4.78 is 10.5. The second-order valence-corrected chi connectivity index (χ2v) is 5.95. The van der Waals surface area contributed by atoms with Crippen molar-refractivity contribution in [1.29, 1.82) is 0 Å². The van der Waals surface area contributed by atoms with Crippen molar-refractivity contribution < 1.29 is 14.3 Å². The van der Waals surface area contributed by atoms with Crippen molar-refractivity contribution in [2.75, 3.05) is 19.0 Å². The van der Waals surface area contributed by atoms with E-state index in [9.17, 15) is 4.79 Å². The minimum Gasteiger partial charge on any atom is -0.455 e. The second-order valence-electron chi connectivity index (χ2n) is 5.95. The summed E-state index contributed by atoms with van der Waals surface area (Å²) in [4.78, 5) is 11.2. The number of rotatable bonds is 4. The summed E-state index contributed by atoms with van der Waals surface area (Å²) in [7, 11) is 1.60. The minimum atomic E-state index is -0.358. The highest BCUT2D eigenvalue weighted by Gasteiger charge is 2.36. The average Bonchev–Trinajstić information content (AvgIpc) is 2.59. The SMILES string of the molecule is COCC(OC(C)=O)c1ccc2c(c1)NC(C)C2(C)C. The lowest BCUT2D eigenvalue weighted by Crippen LogP contribution is -2.29. The Morgan fingerprint density at radius 3 is 2.75 bits per heavy atom. The van der Waals surface area contributed by atoms with Crippen LogP contribution in [0.25, 0.3) is 0 Å². The molecule has 0 spiro atoms. The van der Waals surface area contributed by atoms with E-state index < -0.39 is 0 Å². The van der Waals surface area contributed by atoms with Crippen molar-refractivity contribution in [2.45, 2.75) is 45.3 Å². The number of anilines is 1. The number of nitrogens with one attached hydrogen (secondary N) is 1. The molecule has 2 atom stereocenters. The number of hydrogen-bond acceptors (Lipinski definition) is 4. The predicted octanol–water partition coefficient (Wildman–Crippen LogP) is 3.03. The van der Waals surface area contributed by atoms with Crippen molar-refractivity contribution >= 4 is 11.7 Å². The molecule has 1 heterocycles. The smallest absolute Gasteiger partial charge is 0.303 e. The fourth-order valence-corrected chi connectivity index (χ4v) is 2.64. The van der Waals surface area contributed by atoms with E-state index in [4.69, 9.17) is 9.47 Å². The van der Waals surface area contributed by atoms with Crippen LogP contribution in [0.4, 0.5) is 5.69 Å². The maximum Gasteiger partial charge on any atom is 0.303 e. The van der Waals surface area contributed by atoms with Crippen molar-refractivity contribution in [3.63, 3.8) is 0 Å². The topological polar surface area (TPSA) is 47.6 Å². The first kappa shape index (κ1) is 14.9. The lowest BCUT2D eigenvalue weighted by molar-refractivity contribution is -0.149. The Morgan fingerprint density at radius 2 is 2.15 bits per heavy atom. The monoisotopic (exact) mass is 277 g/mol. The first-order valence-electron chi connectivity index (χ1n) is 6.93. The van der Waals surface area contributed by atoms with Gasteiger partial charge in [0.05, 0.1) is 6.61 Å². The first-order chi connectivity index (χ1) is 9.36. The molecule has 0 fully saturated rings. The standard InChI is InChI=1S/C16H23NO3/c1-10-16(3,4)13-7-6-12(8-14(13)17-10)15(9-19-5)20-11(2)18/h6-8,10,15,17H,9H2,1-5H3. The molecular weight excluding hydrogens is 254 g/mol. The van der Waals surface area contributed by atoms with Gasteiger partial charge in [-0.1, -0.05) is 26.0 Å². The molecule has 0 saturated carbocycles. The Kier molecular flexibility index (Phi) is 4.04. The summed E-state index contributed by atoms with van der Waals surface area (Å²) in [5.41, 5.74) is 3.48. The van der Waals surface area contributed by atoms with Crippen molar-refractivity contribution in [3.05, 3.63) is 29.3 Å². The maximum atomic E-state index is 11.2. The van der Waals surface area contributed by atoms with Crippen LogP contribution >= 0.6 is 0 Å². The van der Waals surface area contributed by atoms with Gasteiger partial charge >= 0.3 is 5.97 Å². The van der Waals surface area contributed by atoms with Gasteiger partial charge in [0.1, 0.15) is 0 Å². The number of methoxy groups -OCH3 is 1. The number of benzene rings is 1. The molecule has 1 aliphatic rings. The number of hydrogen-bond donors (Lipinski definition) is 1. The molecule has 110 valence electrons. The van der Waals surface area contributed by atoms with Gasteiger partial charge in [0.15, 0.2) is 6.10 Å². The first-order valence-corrected chi connectivity index (χ1v) is 6.93. The molecule has 1 aromatic rings. The molecule has 1 N–H and O–H groups in total. The van der Waals surface area contributed by atoms with Gasteiger partial charge in [-0.2, -0.15) is 0 Å². The molecule has 20 heavy (non-hydrogen) atoms. The van der Waals surface area contributed by atoms with E-state index in [-0.39, 0.29) is 17.5 Å². The van der Waals surface area contributed by atoms with Crippen molar-refractivity contribution in [3.8, 4) is 0 Å². The molecule has 1 aromatic carbocycles. The largest absolute Gasteiger partial charge is 0.455 e. The number of fused-ring (bicyclic) bond motifs is 1. The maximum absolute atomic E-state index is 11.2. The third kappa shape index (κ3) is 2.66. The molecule has 2 unspecified atom stereocenters. The number of ether oxygens (including phenoxy) is 2. The van der Waals surface area contributed by atoms with Crippen LogP contribution < -0.4 is 5.32 Å². The van der Waals surface area contributed by atoms with E-state index in [1.165, 1.54) is 12.5 Å². The molecule has 1 aliphatic heterocycles. The highest BCUT2D eigenvalue weighted by Crippen LogP contribution is 2.41. The van der Waals surface area contributed by atoms with Gasteiger partial charge in [-0.25, -0.2) is 0 Å². The summed E-state index contributed by atoms with van der Waals surface area (Å²) in [5, 5.41) is 3.50. The molecule has 2 rings (SSSR count). The number of carbonyl (C=O) groups is 1. The summed E-state index contributed by atoms with van der Waals surface area (Å²) >= 11 is 0. The normalized spacial score (nSPS) is 20.9. The van der Waals surface area contributed by atoms with Gasteiger partial charge in [-0.05, 0) is 24.1 Å². The summed E-state index contributed by atoms with van der Waals surface area (Å²) in [6.45, 7) is 8.42. The molecule has 0 amide bonds. The van der Waals surface area contributed by atoms with E-state index in [1.54, 1.807) is 7.11 Å². The molecule has 0 aliphatic carbocycles. The highest BCUT2D eigenvalue weighted by atomic mass is 16.6. The van der Waals surface area contributed by atoms with Crippen LogP contribution in [0, 0.1) is 0 Å². The van der Waals surface area contributed by atoms with Crippen LogP contribution in [0.15, 0.2) is 18.2 Å². The van der Waals surface area contributed by atoms with Crippen LogP contribution in [-0.2, 0) is 19.7 Å². The quantitative estimate of drug-likeness (QED) is 0.859. The molecule has 0 aromatic heterocycles. The van der Waals surface area contributed by atoms with E-state index in [0.717, 1.165) is 11.3 Å². The van der Waals surface area contributed by atoms with Gasteiger partial charge in [0, 0.05) is 31.2 Å². The summed E-state index contributed by atoms with van der Waals surface area (Å²) in [6, 6.07) is 6.58. The van der Waals surface area contributed by atoms with Gasteiger partial charge < -0.3 is 14.8 Å². The molecule has 4 heteroatoms. The molecule has 0 bridgehead atoms. The Bertz CT molecular complexity index is 510. The third-order valence-electron chi connectivity index (χ3n) is 4.19. The van der Waals surface area contributed by atoms with Crippen LogP contribution in [0.3, 0.4) is 0 Å². The minimum absolute atomic E-state index is 0.103. The van der Waals surface area contributed by atoms with Crippen LogP contribution in [0.1, 0.15) is 44.9 Å². The van der Waals surface area contributed by atoms with E-state index in [0.29, 0.717) is 12.6 Å². The zero-order chi connectivity index (χ0) is 14.9. The van der Waals surface area contributed by atoms with Crippen LogP contribution in [0.5, 0.6) is 0 Å². The Hall–Kier alpha value is -1.55. The van der Waals surface area contributed by atoms with Gasteiger partial charge in [-0.15, -0.1) is 0 Å². The number of esters is 1. The Morgan fingerprint density at radius 1 is 1.45 bits per heavy atom. The zero-order valence-electron chi connectivity index (χ0n) is 12.8. The fraction of sp³-hybridized carbons (Fsp3) is 0.562. The predicted molar refractivity (Wildman–Crippen MR) is 78.9 cm³/mol. The van der Waals surface area contributed by atoms with E-state index in [1.807, 2.05) is 6.07 Å². The second kappa shape index (κ2) is 5.44. The fourth-order valence-electron chi connectivity index (χ4n) is 2.64. The van der Waals surface area contributed by atoms with E-state index >= 15 is 0 Å². The Balaban J connectivity index is 2.31. The number of carbonyl (C=O) groups excluding carboxylic acids is 1. The average molecular weight is 277 g/mol. The van der Waals surface area contributed by atoms with Gasteiger partial charge in [-0.3, -0.25) is 4.79 Å². The van der Waals surface area contributed by atoms with Crippen molar-refractivity contribution in [2.24, 2.45) is 0 Å². The third-order valence-corrected chi connectivity index (χ3v) is 4.19. The zero-order valence-corrected chi connectivity index (χ0v) is 12.8. The molecular formula is C16H23NO3. The van der Waals surface area contributed by atoms with Crippen LogP contribution in [-0.4, -0.2) is 25.7 Å². The lowest BCUT2D eigenvalue weighted by atomic mass is 9.81. The summed E-state index contributed by atoms with van der Waals surface area (Å²) in [6.07, 6.45) is -0.358. The Labute approximate surface area is 120 Å². The molecule has 4 nitrogen and oxygen atoms in total. The highest BCUT2D eigenvalue weighted by molar-refractivity contribution is 5.67. The molecule has 0 saturated heterocycles. The van der Waals surface area contributed by atoms with Gasteiger partial charge in [0.25, 0.3) is 0 Å². The summed E-state index contributed by atoms with van der Waals surface area (Å²) in [5.74, 6) is -0.297.